The maximum absolute atomic E-state index is 12.2. The van der Waals surface area contributed by atoms with Crippen molar-refractivity contribution < 1.29 is 33.4 Å². The molecular formula is C20H16O7S. The fourth-order valence-electron chi connectivity index (χ4n) is 2.66. The molecule has 1 atom stereocenters. The molecular weight excluding hydrogens is 384 g/mol. The highest BCUT2D eigenvalue weighted by Gasteiger charge is 2.39. The highest BCUT2D eigenvalue weighted by Crippen LogP contribution is 2.37. The minimum absolute atomic E-state index is 0.162. The van der Waals surface area contributed by atoms with Crippen molar-refractivity contribution in [2.24, 2.45) is 5.92 Å². The van der Waals surface area contributed by atoms with Crippen LogP contribution in [0.2, 0.25) is 0 Å². The van der Waals surface area contributed by atoms with Gasteiger partial charge in [0, 0.05) is 5.56 Å². The lowest BCUT2D eigenvalue weighted by Crippen LogP contribution is -2.18. The van der Waals surface area contributed by atoms with Crippen LogP contribution in [-0.2, 0) is 19.1 Å². The van der Waals surface area contributed by atoms with Crippen LogP contribution in [0.15, 0.2) is 45.7 Å². The highest BCUT2D eigenvalue weighted by molar-refractivity contribution is 8.18. The molecule has 7 nitrogen and oxygen atoms in total. The van der Waals surface area contributed by atoms with Crippen LogP contribution in [0.1, 0.15) is 29.5 Å². The van der Waals surface area contributed by atoms with Crippen LogP contribution in [0, 0.1) is 5.92 Å². The summed E-state index contributed by atoms with van der Waals surface area (Å²) in [5, 5.41) is 8.35. The Morgan fingerprint density at radius 2 is 1.89 bits per heavy atom. The predicted molar refractivity (Wildman–Crippen MR) is 101 cm³/mol. The molecule has 0 amide bonds. The zero-order valence-electron chi connectivity index (χ0n) is 14.8. The summed E-state index contributed by atoms with van der Waals surface area (Å²) in [5.74, 6) is -2.38. The van der Waals surface area contributed by atoms with Crippen molar-refractivity contribution in [3.8, 4) is 11.3 Å². The summed E-state index contributed by atoms with van der Waals surface area (Å²) in [6, 6.07) is 10.0. The fourth-order valence-corrected chi connectivity index (χ4v) is 3.63. The number of carboxylic acids is 1. The normalized spacial score (nSPS) is 17.9. The molecule has 0 aliphatic carbocycles. The maximum Gasteiger partial charge on any atom is 0.338 e. The Morgan fingerprint density at radius 3 is 2.54 bits per heavy atom. The predicted octanol–water partition coefficient (Wildman–Crippen LogP) is 3.40. The van der Waals surface area contributed by atoms with E-state index in [9.17, 15) is 19.2 Å². The second-order valence-corrected chi connectivity index (χ2v) is 6.99. The summed E-state index contributed by atoms with van der Waals surface area (Å²) in [6.45, 7) is 2.03. The van der Waals surface area contributed by atoms with Crippen molar-refractivity contribution >= 4 is 40.7 Å². The molecule has 3 rings (SSSR count). The molecule has 1 fully saturated rings. The third kappa shape index (κ3) is 4.23. The fraction of sp³-hybridized carbons (Fsp3) is 0.200. The van der Waals surface area contributed by atoms with Crippen molar-refractivity contribution in [2.75, 3.05) is 6.61 Å². The maximum atomic E-state index is 12.2. The molecule has 0 saturated carbocycles. The van der Waals surface area contributed by atoms with Crippen molar-refractivity contribution in [1.82, 2.24) is 0 Å². The van der Waals surface area contributed by atoms with Crippen molar-refractivity contribution in [3.63, 3.8) is 0 Å². The number of carbonyl (C=O) groups excluding carboxylic acids is 3. The Balaban J connectivity index is 1.76. The zero-order chi connectivity index (χ0) is 20.3. The van der Waals surface area contributed by atoms with Crippen LogP contribution in [0.5, 0.6) is 0 Å². The second-order valence-electron chi connectivity index (χ2n) is 5.94. The first-order valence-corrected chi connectivity index (χ1v) is 9.27. The smallest absolute Gasteiger partial charge is 0.338 e. The lowest BCUT2D eigenvalue weighted by atomic mass is 10.0. The van der Waals surface area contributed by atoms with E-state index in [0.29, 0.717) is 23.7 Å². The van der Waals surface area contributed by atoms with E-state index in [1.165, 1.54) is 6.08 Å². The van der Waals surface area contributed by atoms with Gasteiger partial charge in [0.05, 0.1) is 23.5 Å². The molecule has 0 radical (unpaired) electrons. The molecule has 1 unspecified atom stereocenters. The van der Waals surface area contributed by atoms with E-state index >= 15 is 0 Å². The summed E-state index contributed by atoms with van der Waals surface area (Å²) in [5.41, 5.74) is 1.15. The Bertz CT molecular complexity index is 969. The standard InChI is InChI=1S/C20H16O7S/c1-2-26-19(24)12-5-3-11(4-6-12)15-8-7-13(27-15)9-16-18(23)14(10-17(21)22)20(25)28-16/h3-9,14H,2,10H2,1H3,(H,21,22). The van der Waals surface area contributed by atoms with Crippen molar-refractivity contribution in [3.05, 3.63) is 52.6 Å². The summed E-state index contributed by atoms with van der Waals surface area (Å²) < 4.78 is 10.6. The third-order valence-electron chi connectivity index (χ3n) is 4.01. The van der Waals surface area contributed by atoms with Gasteiger partial charge in [0.2, 0.25) is 5.12 Å². The van der Waals surface area contributed by atoms with Crippen LogP contribution >= 0.6 is 11.8 Å². The number of Topliss-reactive ketones (excluding diaryl/α,β-unsaturated/α-hetero) is 1. The van der Waals surface area contributed by atoms with Gasteiger partial charge in [-0.05, 0) is 49.0 Å². The van der Waals surface area contributed by atoms with Gasteiger partial charge in [0.1, 0.15) is 17.4 Å². The van der Waals surface area contributed by atoms with Crippen LogP contribution in [-0.4, -0.2) is 34.6 Å². The molecule has 2 aromatic rings. The molecule has 0 bridgehead atoms. The summed E-state index contributed by atoms with van der Waals surface area (Å²) in [4.78, 5) is 46.7. The molecule has 1 aliphatic heterocycles. The van der Waals surface area contributed by atoms with Crippen molar-refractivity contribution in [2.45, 2.75) is 13.3 Å². The number of hydrogen-bond donors (Lipinski definition) is 1. The van der Waals surface area contributed by atoms with Crippen LogP contribution in [0.4, 0.5) is 0 Å². The van der Waals surface area contributed by atoms with Gasteiger partial charge >= 0.3 is 11.9 Å². The monoisotopic (exact) mass is 400 g/mol. The third-order valence-corrected chi connectivity index (χ3v) is 5.04. The van der Waals surface area contributed by atoms with E-state index in [-0.39, 0.29) is 4.91 Å². The Kier molecular flexibility index (Phi) is 5.79. The average molecular weight is 400 g/mol. The van der Waals surface area contributed by atoms with Gasteiger partial charge in [-0.2, -0.15) is 0 Å². The molecule has 1 aromatic heterocycles. The molecule has 1 aromatic carbocycles. The van der Waals surface area contributed by atoms with E-state index in [4.69, 9.17) is 14.3 Å². The Morgan fingerprint density at radius 1 is 1.18 bits per heavy atom. The first-order valence-electron chi connectivity index (χ1n) is 8.46. The quantitative estimate of drug-likeness (QED) is 0.446. The molecule has 8 heteroatoms. The summed E-state index contributed by atoms with van der Waals surface area (Å²) in [6.07, 6.45) is 0.918. The molecule has 1 aliphatic rings. The van der Waals surface area contributed by atoms with Gasteiger partial charge in [-0.25, -0.2) is 4.79 Å². The topological polar surface area (TPSA) is 111 Å². The van der Waals surface area contributed by atoms with E-state index in [1.54, 1.807) is 43.3 Å². The van der Waals surface area contributed by atoms with Crippen LogP contribution in [0.25, 0.3) is 17.4 Å². The zero-order valence-corrected chi connectivity index (χ0v) is 15.7. The van der Waals surface area contributed by atoms with Crippen LogP contribution < -0.4 is 0 Å². The number of ether oxygens (including phenoxy) is 1. The largest absolute Gasteiger partial charge is 0.481 e. The molecule has 0 spiro atoms. The molecule has 1 saturated heterocycles. The summed E-state index contributed by atoms with van der Waals surface area (Å²) >= 11 is 0.731. The van der Waals surface area contributed by atoms with E-state index < -0.39 is 35.2 Å². The summed E-state index contributed by atoms with van der Waals surface area (Å²) in [7, 11) is 0. The number of allylic oxidation sites excluding steroid dienone is 1. The van der Waals surface area contributed by atoms with Gasteiger partial charge in [0.25, 0.3) is 0 Å². The average Bonchev–Trinajstić information content (AvgIpc) is 3.22. The molecule has 144 valence electrons. The number of esters is 1. The lowest BCUT2D eigenvalue weighted by Gasteiger charge is -2.02. The number of benzene rings is 1. The number of aliphatic carboxylic acids is 1. The number of hydrogen-bond acceptors (Lipinski definition) is 7. The minimum Gasteiger partial charge on any atom is -0.481 e. The van der Waals surface area contributed by atoms with E-state index in [2.05, 4.69) is 0 Å². The Hall–Kier alpha value is -3.13. The van der Waals surface area contributed by atoms with Gasteiger partial charge in [-0.3, -0.25) is 14.4 Å². The SMILES string of the molecule is CCOC(=O)c1ccc(-c2ccc(C=C3SC(=O)C(CC(=O)O)C3=O)o2)cc1. The minimum atomic E-state index is -1.19. The first kappa shape index (κ1) is 19.6. The van der Waals surface area contributed by atoms with E-state index in [0.717, 1.165) is 17.3 Å². The molecule has 1 N–H and O–H groups in total. The molecule has 2 heterocycles. The van der Waals surface area contributed by atoms with Gasteiger partial charge < -0.3 is 14.3 Å². The van der Waals surface area contributed by atoms with Gasteiger partial charge in [-0.15, -0.1) is 0 Å². The number of ketones is 1. The number of thioether (sulfide) groups is 1. The lowest BCUT2D eigenvalue weighted by molar-refractivity contribution is -0.141. The van der Waals surface area contributed by atoms with Gasteiger partial charge in [0.15, 0.2) is 5.78 Å². The number of rotatable bonds is 6. The molecule has 28 heavy (non-hydrogen) atoms. The van der Waals surface area contributed by atoms with E-state index in [1.807, 2.05) is 0 Å². The number of carbonyl (C=O) groups is 4. The number of carboxylic acid groups (broad SMARTS) is 1. The van der Waals surface area contributed by atoms with Crippen molar-refractivity contribution in [1.29, 1.82) is 0 Å². The number of furan rings is 1. The highest BCUT2D eigenvalue weighted by atomic mass is 32.2. The second kappa shape index (κ2) is 8.26. The first-order chi connectivity index (χ1) is 13.4. The van der Waals surface area contributed by atoms with Crippen LogP contribution in [0.3, 0.4) is 0 Å². The van der Waals surface area contributed by atoms with Gasteiger partial charge in [-0.1, -0.05) is 12.1 Å². The Labute approximate surface area is 164 Å².